The van der Waals surface area contributed by atoms with Crippen molar-refractivity contribution in [2.45, 2.75) is 12.6 Å². The molecule has 96 valence electrons. The van der Waals surface area contributed by atoms with Gasteiger partial charge >= 0.3 is 6.18 Å². The number of likely N-dealkylation sites (N-methyl/N-ethyl adjacent to an activating group) is 1. The average Bonchev–Trinajstić information content (AvgIpc) is 2.25. The van der Waals surface area contributed by atoms with Crippen molar-refractivity contribution in [3.05, 3.63) is 28.3 Å². The van der Waals surface area contributed by atoms with E-state index in [1.54, 1.807) is 7.05 Å². The third kappa shape index (κ3) is 3.51. The van der Waals surface area contributed by atoms with E-state index in [1.807, 2.05) is 0 Å². The Morgan fingerprint density at radius 1 is 1.35 bits per heavy atom. The molecule has 0 amide bonds. The van der Waals surface area contributed by atoms with Gasteiger partial charge in [-0.15, -0.1) is 0 Å². The van der Waals surface area contributed by atoms with Crippen LogP contribution in [0.3, 0.4) is 0 Å². The third-order valence-corrected chi connectivity index (χ3v) is 2.66. The van der Waals surface area contributed by atoms with Gasteiger partial charge in [0.05, 0.1) is 12.7 Å². The van der Waals surface area contributed by atoms with E-state index in [-0.39, 0.29) is 10.8 Å². The van der Waals surface area contributed by atoms with E-state index in [9.17, 15) is 13.2 Å². The summed E-state index contributed by atoms with van der Waals surface area (Å²) < 4.78 is 42.6. The molecular weight excluding hydrogens is 255 g/mol. The number of hydrogen-bond acceptors (Lipinski definition) is 2. The van der Waals surface area contributed by atoms with Crippen LogP contribution >= 0.6 is 11.6 Å². The Balaban J connectivity index is 3.16. The van der Waals surface area contributed by atoms with Crippen molar-refractivity contribution in [3.63, 3.8) is 0 Å². The van der Waals surface area contributed by atoms with Gasteiger partial charge in [0.1, 0.15) is 5.75 Å². The Morgan fingerprint density at radius 3 is 2.47 bits per heavy atom. The molecule has 1 N–H and O–H groups in total. The van der Waals surface area contributed by atoms with E-state index < -0.39 is 11.7 Å². The van der Waals surface area contributed by atoms with Crippen molar-refractivity contribution in [3.8, 4) is 5.75 Å². The van der Waals surface area contributed by atoms with Gasteiger partial charge in [-0.1, -0.05) is 11.6 Å². The highest BCUT2D eigenvalue weighted by Crippen LogP contribution is 2.37. The number of ether oxygens (including phenoxy) is 1. The van der Waals surface area contributed by atoms with Gasteiger partial charge in [0.25, 0.3) is 0 Å². The largest absolute Gasteiger partial charge is 0.496 e. The topological polar surface area (TPSA) is 21.3 Å². The molecule has 6 heteroatoms. The minimum atomic E-state index is -4.42. The quantitative estimate of drug-likeness (QED) is 0.905. The zero-order valence-electron chi connectivity index (χ0n) is 9.49. The van der Waals surface area contributed by atoms with Gasteiger partial charge < -0.3 is 10.1 Å². The van der Waals surface area contributed by atoms with E-state index in [0.29, 0.717) is 18.5 Å². The first-order valence-corrected chi connectivity index (χ1v) is 5.36. The van der Waals surface area contributed by atoms with Crippen molar-refractivity contribution in [1.29, 1.82) is 0 Å². The SMILES string of the molecule is CNCCc1c(Cl)cc(C(F)(F)F)cc1OC. The van der Waals surface area contributed by atoms with E-state index in [0.717, 1.165) is 12.1 Å². The van der Waals surface area contributed by atoms with E-state index in [1.165, 1.54) is 7.11 Å². The molecule has 0 radical (unpaired) electrons. The molecule has 0 aromatic heterocycles. The van der Waals surface area contributed by atoms with Crippen molar-refractivity contribution in [2.75, 3.05) is 20.7 Å². The third-order valence-electron chi connectivity index (χ3n) is 2.33. The molecule has 0 bridgehead atoms. The second-order valence-electron chi connectivity index (χ2n) is 3.49. The van der Waals surface area contributed by atoms with E-state index in [4.69, 9.17) is 16.3 Å². The van der Waals surface area contributed by atoms with Crippen LogP contribution in [0, 0.1) is 0 Å². The van der Waals surface area contributed by atoms with E-state index >= 15 is 0 Å². The highest BCUT2D eigenvalue weighted by Gasteiger charge is 2.32. The fraction of sp³-hybridized carbons (Fsp3) is 0.455. The van der Waals surface area contributed by atoms with Crippen molar-refractivity contribution in [2.24, 2.45) is 0 Å². The number of methoxy groups -OCH3 is 1. The molecule has 0 spiro atoms. The summed E-state index contributed by atoms with van der Waals surface area (Å²) in [6, 6.07) is 1.89. The maximum absolute atomic E-state index is 12.5. The Morgan fingerprint density at radius 2 is 2.00 bits per heavy atom. The summed E-state index contributed by atoms with van der Waals surface area (Å²) in [5.74, 6) is 0.167. The molecule has 0 aliphatic carbocycles. The van der Waals surface area contributed by atoms with Crippen molar-refractivity contribution in [1.82, 2.24) is 5.32 Å². The lowest BCUT2D eigenvalue weighted by molar-refractivity contribution is -0.137. The van der Waals surface area contributed by atoms with Gasteiger partial charge in [0.2, 0.25) is 0 Å². The minimum Gasteiger partial charge on any atom is -0.496 e. The maximum Gasteiger partial charge on any atom is 0.416 e. The van der Waals surface area contributed by atoms with Crippen LogP contribution in [-0.4, -0.2) is 20.7 Å². The van der Waals surface area contributed by atoms with Crippen molar-refractivity contribution < 1.29 is 17.9 Å². The smallest absolute Gasteiger partial charge is 0.416 e. The van der Waals surface area contributed by atoms with Crippen LogP contribution in [0.1, 0.15) is 11.1 Å². The Labute approximate surface area is 103 Å². The highest BCUT2D eigenvalue weighted by atomic mass is 35.5. The lowest BCUT2D eigenvalue weighted by Gasteiger charge is -2.14. The number of rotatable bonds is 4. The number of alkyl halides is 3. The predicted octanol–water partition coefficient (Wildman–Crippen LogP) is 3.13. The number of hydrogen-bond donors (Lipinski definition) is 1. The fourth-order valence-corrected chi connectivity index (χ4v) is 1.75. The summed E-state index contributed by atoms with van der Waals surface area (Å²) in [6.45, 7) is 0.613. The molecule has 2 nitrogen and oxygen atoms in total. The second-order valence-corrected chi connectivity index (χ2v) is 3.90. The fourth-order valence-electron chi connectivity index (χ4n) is 1.45. The van der Waals surface area contributed by atoms with Crippen LogP contribution in [0.25, 0.3) is 0 Å². The number of halogens is 4. The summed E-state index contributed by atoms with van der Waals surface area (Å²) in [5.41, 5.74) is -0.218. The Hall–Kier alpha value is -0.940. The molecule has 1 aromatic rings. The van der Waals surface area contributed by atoms with Gasteiger partial charge in [0, 0.05) is 10.6 Å². The molecule has 0 atom stereocenters. The van der Waals surface area contributed by atoms with E-state index in [2.05, 4.69) is 5.32 Å². The lowest BCUT2D eigenvalue weighted by atomic mass is 10.1. The van der Waals surface area contributed by atoms with Gasteiger partial charge in [-0.25, -0.2) is 0 Å². The zero-order chi connectivity index (χ0) is 13.1. The lowest BCUT2D eigenvalue weighted by Crippen LogP contribution is -2.12. The van der Waals surface area contributed by atoms with Gasteiger partial charge in [-0.05, 0) is 32.1 Å². The van der Waals surface area contributed by atoms with Gasteiger partial charge in [0.15, 0.2) is 0 Å². The van der Waals surface area contributed by atoms with Crippen LogP contribution in [0.5, 0.6) is 5.75 Å². The van der Waals surface area contributed by atoms with Gasteiger partial charge in [-0.3, -0.25) is 0 Å². The summed E-state index contributed by atoms with van der Waals surface area (Å²) >= 11 is 5.85. The highest BCUT2D eigenvalue weighted by molar-refractivity contribution is 6.31. The molecule has 0 unspecified atom stereocenters. The first-order valence-electron chi connectivity index (χ1n) is 4.98. The first kappa shape index (κ1) is 14.1. The van der Waals surface area contributed by atoms with Crippen LogP contribution in [0.4, 0.5) is 13.2 Å². The summed E-state index contributed by atoms with van der Waals surface area (Å²) in [5, 5.41) is 2.98. The molecule has 0 aliphatic rings. The normalized spacial score (nSPS) is 11.6. The molecule has 0 saturated heterocycles. The number of nitrogens with one attached hydrogen (secondary N) is 1. The minimum absolute atomic E-state index is 0.0759. The molecule has 0 saturated carbocycles. The molecule has 0 heterocycles. The van der Waals surface area contributed by atoms with Crippen molar-refractivity contribution >= 4 is 11.6 Å². The summed E-state index contributed by atoms with van der Waals surface area (Å²) in [6.07, 6.45) is -3.91. The molecule has 0 aliphatic heterocycles. The first-order chi connectivity index (χ1) is 7.90. The Kier molecular flexibility index (Phi) is 4.65. The molecule has 1 aromatic carbocycles. The van der Waals surface area contributed by atoms with Crippen LogP contribution in [0.2, 0.25) is 5.02 Å². The molecular formula is C11H13ClF3NO. The van der Waals surface area contributed by atoms with Crippen LogP contribution in [0.15, 0.2) is 12.1 Å². The van der Waals surface area contributed by atoms with Crippen LogP contribution in [-0.2, 0) is 12.6 Å². The maximum atomic E-state index is 12.5. The predicted molar refractivity (Wildman–Crippen MR) is 60.6 cm³/mol. The molecule has 17 heavy (non-hydrogen) atoms. The number of benzene rings is 1. The summed E-state index contributed by atoms with van der Waals surface area (Å²) in [4.78, 5) is 0. The molecule has 0 fully saturated rings. The molecule has 1 rings (SSSR count). The Bertz CT molecular complexity index is 393. The summed E-state index contributed by atoms with van der Waals surface area (Å²) in [7, 11) is 3.08. The van der Waals surface area contributed by atoms with Crippen LogP contribution < -0.4 is 10.1 Å². The second kappa shape index (κ2) is 5.60. The van der Waals surface area contributed by atoms with Gasteiger partial charge in [-0.2, -0.15) is 13.2 Å². The average molecular weight is 268 g/mol. The monoisotopic (exact) mass is 267 g/mol. The standard InChI is InChI=1S/C11H13ClF3NO/c1-16-4-3-8-9(12)5-7(11(13,14)15)6-10(8)17-2/h5-6,16H,3-4H2,1-2H3. The zero-order valence-corrected chi connectivity index (χ0v) is 10.2.